The minimum atomic E-state index is -0.320. The van der Waals surface area contributed by atoms with E-state index in [9.17, 15) is 9.59 Å². The third-order valence-electron chi connectivity index (χ3n) is 3.50. The second kappa shape index (κ2) is 2.82. The molecule has 0 aromatic carbocycles. The highest BCUT2D eigenvalue weighted by molar-refractivity contribution is 6.35. The molecule has 2 fully saturated rings. The van der Waals surface area contributed by atoms with E-state index in [1.165, 1.54) is 13.3 Å². The van der Waals surface area contributed by atoms with Crippen LogP contribution in [0.3, 0.4) is 0 Å². The van der Waals surface area contributed by atoms with Crippen LogP contribution in [-0.2, 0) is 9.59 Å². The van der Waals surface area contributed by atoms with Crippen molar-refractivity contribution >= 4 is 11.7 Å². The molecule has 3 heteroatoms. The van der Waals surface area contributed by atoms with E-state index in [2.05, 4.69) is 6.92 Å². The van der Waals surface area contributed by atoms with Crippen molar-refractivity contribution in [3.8, 4) is 0 Å². The number of hydrogen-bond donors (Lipinski definition) is 0. The number of Topliss-reactive ketones (excluding diaryl/α,β-unsaturated/α-hetero) is 1. The summed E-state index contributed by atoms with van der Waals surface area (Å²) in [6.07, 6.45) is 3.43. The van der Waals surface area contributed by atoms with Crippen LogP contribution < -0.4 is 0 Å². The minimum Gasteiger partial charge on any atom is -0.330 e. The van der Waals surface area contributed by atoms with E-state index in [1.807, 2.05) is 0 Å². The second-order valence-corrected chi connectivity index (χ2v) is 4.24. The number of piperidine rings is 1. The monoisotopic (exact) mass is 181 g/mol. The fraction of sp³-hybridized carbons (Fsp3) is 0.800. The lowest BCUT2D eigenvalue weighted by Crippen LogP contribution is -2.46. The Kier molecular flexibility index (Phi) is 1.90. The zero-order chi connectivity index (χ0) is 9.59. The fourth-order valence-corrected chi connectivity index (χ4v) is 2.77. The topological polar surface area (TPSA) is 37.4 Å². The van der Waals surface area contributed by atoms with Crippen molar-refractivity contribution in [1.29, 1.82) is 0 Å². The number of fused-ring (bicyclic) bond motifs is 2. The summed E-state index contributed by atoms with van der Waals surface area (Å²) in [7, 11) is 0. The largest absolute Gasteiger partial charge is 0.330 e. The van der Waals surface area contributed by atoms with Gasteiger partial charge in [0.25, 0.3) is 5.91 Å². The molecule has 0 aromatic heterocycles. The molecule has 3 nitrogen and oxygen atoms in total. The van der Waals surface area contributed by atoms with Gasteiger partial charge in [-0.1, -0.05) is 0 Å². The van der Waals surface area contributed by atoms with Crippen LogP contribution in [0.15, 0.2) is 0 Å². The summed E-state index contributed by atoms with van der Waals surface area (Å²) in [4.78, 5) is 24.3. The molecule has 0 spiro atoms. The maximum atomic E-state index is 11.5. The molecule has 72 valence electrons. The summed E-state index contributed by atoms with van der Waals surface area (Å²) in [5.41, 5.74) is 0. The number of ketones is 1. The summed E-state index contributed by atoms with van der Waals surface area (Å²) in [5, 5.41) is 0. The molecule has 3 atom stereocenters. The van der Waals surface area contributed by atoms with E-state index in [4.69, 9.17) is 0 Å². The SMILES string of the molecule is CC(=O)C(=O)N1C2CCC(C2)[C@H]1C. The van der Waals surface area contributed by atoms with Crippen molar-refractivity contribution in [2.45, 2.75) is 45.2 Å². The molecule has 2 aliphatic rings. The Balaban J connectivity index is 2.16. The first-order valence-corrected chi connectivity index (χ1v) is 4.94. The van der Waals surface area contributed by atoms with Crippen LogP contribution >= 0.6 is 0 Å². The van der Waals surface area contributed by atoms with E-state index in [0.29, 0.717) is 12.0 Å². The molecule has 1 aliphatic carbocycles. The van der Waals surface area contributed by atoms with Crippen LogP contribution in [0, 0.1) is 5.92 Å². The second-order valence-electron chi connectivity index (χ2n) is 4.24. The summed E-state index contributed by atoms with van der Waals surface area (Å²) in [6, 6.07) is 0.645. The molecule has 2 rings (SSSR count). The zero-order valence-electron chi connectivity index (χ0n) is 8.12. The van der Waals surface area contributed by atoms with E-state index in [-0.39, 0.29) is 17.7 Å². The van der Waals surface area contributed by atoms with Gasteiger partial charge in [-0.2, -0.15) is 0 Å². The van der Waals surface area contributed by atoms with Crippen molar-refractivity contribution in [2.24, 2.45) is 5.92 Å². The summed E-state index contributed by atoms with van der Waals surface area (Å²) < 4.78 is 0. The Morgan fingerprint density at radius 1 is 1.31 bits per heavy atom. The van der Waals surface area contributed by atoms with Crippen molar-refractivity contribution in [2.75, 3.05) is 0 Å². The normalized spacial score (nSPS) is 36.8. The zero-order valence-corrected chi connectivity index (χ0v) is 8.12. The number of carbonyl (C=O) groups excluding carboxylic acids is 2. The molecule has 1 saturated carbocycles. The van der Waals surface area contributed by atoms with Gasteiger partial charge in [0, 0.05) is 19.0 Å². The Morgan fingerprint density at radius 2 is 2.00 bits per heavy atom. The Bertz CT molecular complexity index is 260. The Hall–Kier alpha value is -0.860. The molecule has 0 aromatic rings. The molecule has 13 heavy (non-hydrogen) atoms. The molecule has 0 N–H and O–H groups in total. The number of carbonyl (C=O) groups is 2. The van der Waals surface area contributed by atoms with Gasteiger partial charge in [0.05, 0.1) is 0 Å². The van der Waals surface area contributed by atoms with E-state index >= 15 is 0 Å². The lowest BCUT2D eigenvalue weighted by atomic mass is 10.0. The molecule has 1 heterocycles. The van der Waals surface area contributed by atoms with Gasteiger partial charge in [-0.15, -0.1) is 0 Å². The van der Waals surface area contributed by atoms with Crippen molar-refractivity contribution in [3.63, 3.8) is 0 Å². The van der Waals surface area contributed by atoms with Crippen molar-refractivity contribution in [3.05, 3.63) is 0 Å². The molecular formula is C10H15NO2. The average Bonchev–Trinajstić information content (AvgIpc) is 2.62. The summed E-state index contributed by atoms with van der Waals surface area (Å²) >= 11 is 0. The van der Waals surface area contributed by atoms with Gasteiger partial charge in [-0.05, 0) is 32.1 Å². The maximum absolute atomic E-state index is 11.5. The average molecular weight is 181 g/mol. The third kappa shape index (κ3) is 1.18. The van der Waals surface area contributed by atoms with Crippen LogP contribution in [0.5, 0.6) is 0 Å². The summed E-state index contributed by atoms with van der Waals surface area (Å²) in [6.45, 7) is 3.42. The van der Waals surface area contributed by atoms with E-state index < -0.39 is 0 Å². The lowest BCUT2D eigenvalue weighted by molar-refractivity contribution is -0.146. The van der Waals surface area contributed by atoms with Gasteiger partial charge in [-0.3, -0.25) is 9.59 Å². The van der Waals surface area contributed by atoms with Crippen LogP contribution in [0.2, 0.25) is 0 Å². The molecule has 1 amide bonds. The fourth-order valence-electron chi connectivity index (χ4n) is 2.77. The molecular weight excluding hydrogens is 166 g/mol. The van der Waals surface area contributed by atoms with Gasteiger partial charge in [-0.25, -0.2) is 0 Å². The van der Waals surface area contributed by atoms with Crippen molar-refractivity contribution in [1.82, 2.24) is 4.90 Å². The predicted molar refractivity (Wildman–Crippen MR) is 48.1 cm³/mol. The van der Waals surface area contributed by atoms with E-state index in [1.54, 1.807) is 4.90 Å². The van der Waals surface area contributed by atoms with Crippen LogP contribution in [-0.4, -0.2) is 28.7 Å². The number of amides is 1. The first kappa shape index (κ1) is 8.73. The van der Waals surface area contributed by atoms with Gasteiger partial charge in [0.15, 0.2) is 0 Å². The highest BCUT2D eigenvalue weighted by atomic mass is 16.2. The number of hydrogen-bond acceptors (Lipinski definition) is 2. The van der Waals surface area contributed by atoms with Gasteiger partial charge in [0.1, 0.15) is 0 Å². The standard InChI is InChI=1S/C10H15NO2/c1-6-8-3-4-9(5-8)11(6)10(13)7(2)12/h6,8-9H,3-5H2,1-2H3/t6-,8?,9?/m1/s1. The first-order chi connectivity index (χ1) is 6.11. The third-order valence-corrected chi connectivity index (χ3v) is 3.50. The molecule has 2 unspecified atom stereocenters. The highest BCUT2D eigenvalue weighted by Crippen LogP contribution is 2.42. The summed E-state index contributed by atoms with van der Waals surface area (Å²) in [5.74, 6) is 0.0485. The smallest absolute Gasteiger partial charge is 0.290 e. The number of likely N-dealkylation sites (tertiary alicyclic amines) is 1. The van der Waals surface area contributed by atoms with Gasteiger partial charge in [0.2, 0.25) is 5.78 Å². The van der Waals surface area contributed by atoms with Crippen LogP contribution in [0.4, 0.5) is 0 Å². The van der Waals surface area contributed by atoms with Crippen LogP contribution in [0.25, 0.3) is 0 Å². The Labute approximate surface area is 78.1 Å². The highest BCUT2D eigenvalue weighted by Gasteiger charge is 2.46. The quantitative estimate of drug-likeness (QED) is 0.565. The number of rotatable bonds is 1. The van der Waals surface area contributed by atoms with Gasteiger partial charge < -0.3 is 4.90 Å². The Morgan fingerprint density at radius 3 is 2.46 bits per heavy atom. The molecule has 1 saturated heterocycles. The molecule has 2 bridgehead atoms. The van der Waals surface area contributed by atoms with Crippen LogP contribution in [0.1, 0.15) is 33.1 Å². The molecule has 1 aliphatic heterocycles. The maximum Gasteiger partial charge on any atom is 0.290 e. The first-order valence-electron chi connectivity index (χ1n) is 4.94. The predicted octanol–water partition coefficient (Wildman–Crippen LogP) is 0.975. The van der Waals surface area contributed by atoms with Crippen molar-refractivity contribution < 1.29 is 9.59 Å². The number of nitrogens with zero attached hydrogens (tertiary/aromatic N) is 1. The molecule has 0 radical (unpaired) electrons. The minimum absolute atomic E-state index is 0.278. The van der Waals surface area contributed by atoms with Gasteiger partial charge >= 0.3 is 0 Å². The lowest BCUT2D eigenvalue weighted by Gasteiger charge is -2.32. The van der Waals surface area contributed by atoms with E-state index in [0.717, 1.165) is 12.8 Å².